The lowest BCUT2D eigenvalue weighted by Gasteiger charge is -2.37. The smallest absolute Gasteiger partial charge is 0.228 e. The third-order valence-corrected chi connectivity index (χ3v) is 6.43. The monoisotopic (exact) mass is 453 g/mol. The zero-order valence-corrected chi connectivity index (χ0v) is 19.1. The van der Waals surface area contributed by atoms with E-state index in [1.54, 1.807) is 30.3 Å². The zero-order chi connectivity index (χ0) is 23.4. The molecule has 170 valence electrons. The summed E-state index contributed by atoms with van der Waals surface area (Å²) < 4.78 is 13.6. The van der Waals surface area contributed by atoms with E-state index < -0.39 is 5.92 Å². The van der Waals surface area contributed by atoms with E-state index in [9.17, 15) is 4.79 Å². The Morgan fingerprint density at radius 1 is 1.15 bits per heavy atom. The van der Waals surface area contributed by atoms with Crippen molar-refractivity contribution in [2.75, 3.05) is 7.11 Å². The Labute approximate surface area is 196 Å². The van der Waals surface area contributed by atoms with E-state index in [1.807, 2.05) is 36.4 Å². The Balaban J connectivity index is 1.63. The first kappa shape index (κ1) is 20.5. The summed E-state index contributed by atoms with van der Waals surface area (Å²) in [4.78, 5) is 27.2. The van der Waals surface area contributed by atoms with E-state index >= 15 is 0 Å². The molecule has 0 amide bonds. The second-order valence-electron chi connectivity index (χ2n) is 9.46. The normalized spacial score (nSPS) is 18.9. The van der Waals surface area contributed by atoms with E-state index in [4.69, 9.17) is 14.5 Å². The lowest BCUT2D eigenvalue weighted by molar-refractivity contribution is -0.118. The maximum atomic E-state index is 13.5. The molecule has 0 unspecified atom stereocenters. The van der Waals surface area contributed by atoms with Crippen molar-refractivity contribution in [3.63, 3.8) is 0 Å². The topological polar surface area (TPSA) is 91.5 Å². The van der Waals surface area contributed by atoms with Crippen molar-refractivity contribution in [1.82, 2.24) is 24.6 Å². The first-order valence-electron chi connectivity index (χ1n) is 11.2. The minimum atomic E-state index is -0.430. The molecule has 3 aromatic heterocycles. The second kappa shape index (κ2) is 7.48. The third kappa shape index (κ3) is 3.17. The highest BCUT2D eigenvalue weighted by Gasteiger charge is 2.44. The van der Waals surface area contributed by atoms with Crippen LogP contribution in [0.3, 0.4) is 0 Å². The highest BCUT2D eigenvalue weighted by molar-refractivity contribution is 6.00. The van der Waals surface area contributed by atoms with E-state index in [1.165, 1.54) is 0 Å². The molecule has 1 atom stereocenters. The average Bonchev–Trinajstić information content (AvgIpc) is 3.27. The third-order valence-electron chi connectivity index (χ3n) is 6.43. The van der Waals surface area contributed by atoms with Crippen molar-refractivity contribution in [2.24, 2.45) is 5.41 Å². The molecular weight excluding hydrogens is 430 g/mol. The van der Waals surface area contributed by atoms with Gasteiger partial charge in [0.15, 0.2) is 17.3 Å². The van der Waals surface area contributed by atoms with E-state index in [2.05, 4.69) is 28.9 Å². The number of hydrogen-bond acceptors (Lipinski definition) is 7. The van der Waals surface area contributed by atoms with Gasteiger partial charge in [0, 0.05) is 41.9 Å². The molecular formula is C26H23N5O3. The molecule has 2 aliphatic rings. The van der Waals surface area contributed by atoms with Gasteiger partial charge in [-0.25, -0.2) is 14.5 Å². The molecule has 1 aromatic carbocycles. The van der Waals surface area contributed by atoms with Crippen LogP contribution in [0.15, 0.2) is 66.5 Å². The van der Waals surface area contributed by atoms with Gasteiger partial charge < -0.3 is 9.47 Å². The van der Waals surface area contributed by atoms with Crippen LogP contribution in [0, 0.1) is 5.41 Å². The van der Waals surface area contributed by atoms with Gasteiger partial charge in [0.1, 0.15) is 17.8 Å². The number of para-hydroxylation sites is 1. The average molecular weight is 454 g/mol. The summed E-state index contributed by atoms with van der Waals surface area (Å²) in [6, 6.07) is 11.5. The van der Waals surface area contributed by atoms with Crippen molar-refractivity contribution >= 4 is 11.4 Å². The summed E-state index contributed by atoms with van der Waals surface area (Å²) >= 11 is 0. The molecule has 6 rings (SSSR count). The number of allylic oxidation sites excluding steroid dienone is 2. The summed E-state index contributed by atoms with van der Waals surface area (Å²) in [5.74, 6) is 1.98. The fraction of sp³-hybridized carbons (Fsp3) is 0.269. The number of methoxy groups -OCH3 is 1. The number of Topliss-reactive ketones (excluding diaryl/α,β-unsaturated/α-hetero) is 1. The van der Waals surface area contributed by atoms with Crippen molar-refractivity contribution < 1.29 is 14.3 Å². The largest absolute Gasteiger partial charge is 0.496 e. The van der Waals surface area contributed by atoms with Crippen LogP contribution in [-0.4, -0.2) is 37.5 Å². The number of pyridine rings is 1. The fourth-order valence-electron chi connectivity index (χ4n) is 4.98. The molecule has 0 radical (unpaired) electrons. The van der Waals surface area contributed by atoms with Gasteiger partial charge in [0.2, 0.25) is 5.88 Å². The van der Waals surface area contributed by atoms with Crippen LogP contribution in [0.25, 0.3) is 17.0 Å². The maximum Gasteiger partial charge on any atom is 0.228 e. The quantitative estimate of drug-likeness (QED) is 0.455. The first-order valence-corrected chi connectivity index (χ1v) is 11.2. The van der Waals surface area contributed by atoms with E-state index in [0.29, 0.717) is 52.8 Å². The number of nitrogens with zero attached hydrogens (tertiary/aromatic N) is 5. The van der Waals surface area contributed by atoms with Crippen LogP contribution in [-0.2, 0) is 4.79 Å². The standard InChI is InChI=1S/C26H23N5O3/c1-26(2)11-17(32)21-19(12-26)34-25-22(20(21)16-8-4-5-9-18(16)33-3)24-29-23(30-31(24)14-28-25)15-7-6-10-27-13-15/h4-10,13-14,20H,11-12H2,1-3H3/t20-/m0/s1. The van der Waals surface area contributed by atoms with E-state index in [-0.39, 0.29) is 11.2 Å². The SMILES string of the molecule is COc1ccccc1[C@H]1C2=C(CC(C)(C)CC2=O)Oc2ncn3nc(-c4cccnc4)nc3c21. The molecule has 0 bridgehead atoms. The maximum absolute atomic E-state index is 13.5. The van der Waals surface area contributed by atoms with Gasteiger partial charge in [0.05, 0.1) is 18.6 Å². The number of ketones is 1. The Morgan fingerprint density at radius 3 is 2.79 bits per heavy atom. The predicted octanol–water partition coefficient (Wildman–Crippen LogP) is 4.36. The Hall–Kier alpha value is -4.07. The van der Waals surface area contributed by atoms with Crippen molar-refractivity contribution in [1.29, 1.82) is 0 Å². The molecule has 0 saturated carbocycles. The number of fused-ring (bicyclic) bond motifs is 3. The van der Waals surface area contributed by atoms with Gasteiger partial charge in [-0.15, -0.1) is 5.10 Å². The van der Waals surface area contributed by atoms with Crippen LogP contribution in [0.2, 0.25) is 0 Å². The molecule has 8 nitrogen and oxygen atoms in total. The molecule has 4 heterocycles. The second-order valence-corrected chi connectivity index (χ2v) is 9.46. The van der Waals surface area contributed by atoms with Gasteiger partial charge in [-0.05, 0) is 23.6 Å². The number of hydrogen-bond donors (Lipinski definition) is 0. The Morgan fingerprint density at radius 2 is 2.00 bits per heavy atom. The van der Waals surface area contributed by atoms with Gasteiger partial charge >= 0.3 is 0 Å². The first-order chi connectivity index (χ1) is 16.4. The van der Waals surface area contributed by atoms with Gasteiger partial charge in [-0.3, -0.25) is 9.78 Å². The molecule has 0 N–H and O–H groups in total. The molecule has 1 aliphatic carbocycles. The summed E-state index contributed by atoms with van der Waals surface area (Å²) in [5.41, 5.74) is 3.42. The molecule has 1 aliphatic heterocycles. The van der Waals surface area contributed by atoms with Crippen LogP contribution >= 0.6 is 0 Å². The van der Waals surface area contributed by atoms with E-state index in [0.717, 1.165) is 11.1 Å². The molecule has 8 heteroatoms. The summed E-state index contributed by atoms with van der Waals surface area (Å²) in [6.45, 7) is 4.17. The lowest BCUT2D eigenvalue weighted by Crippen LogP contribution is -2.33. The predicted molar refractivity (Wildman–Crippen MR) is 125 cm³/mol. The number of benzene rings is 1. The minimum absolute atomic E-state index is 0.0711. The number of aromatic nitrogens is 5. The van der Waals surface area contributed by atoms with Crippen molar-refractivity contribution in [3.05, 3.63) is 77.6 Å². The Kier molecular flexibility index (Phi) is 4.52. The number of carbonyl (C=O) groups excluding carboxylic acids is 1. The van der Waals surface area contributed by atoms with Gasteiger partial charge in [-0.1, -0.05) is 32.0 Å². The number of carbonyl (C=O) groups is 1. The van der Waals surface area contributed by atoms with Crippen LogP contribution < -0.4 is 9.47 Å². The summed E-state index contributed by atoms with van der Waals surface area (Å²) in [5, 5.41) is 4.62. The van der Waals surface area contributed by atoms with Crippen molar-refractivity contribution in [2.45, 2.75) is 32.6 Å². The molecule has 34 heavy (non-hydrogen) atoms. The van der Waals surface area contributed by atoms with Gasteiger partial charge in [-0.2, -0.15) is 0 Å². The number of rotatable bonds is 3. The molecule has 4 aromatic rings. The molecule has 0 fully saturated rings. The van der Waals surface area contributed by atoms with Crippen LogP contribution in [0.1, 0.15) is 43.7 Å². The van der Waals surface area contributed by atoms with Crippen LogP contribution in [0.5, 0.6) is 11.6 Å². The summed E-state index contributed by atoms with van der Waals surface area (Å²) in [6.07, 6.45) is 6.12. The van der Waals surface area contributed by atoms with Crippen molar-refractivity contribution in [3.8, 4) is 23.0 Å². The fourth-order valence-corrected chi connectivity index (χ4v) is 4.98. The lowest BCUT2D eigenvalue weighted by atomic mass is 9.70. The zero-order valence-electron chi connectivity index (χ0n) is 19.1. The Bertz CT molecular complexity index is 1470. The highest BCUT2D eigenvalue weighted by Crippen LogP contribution is 2.51. The summed E-state index contributed by atoms with van der Waals surface area (Å²) in [7, 11) is 1.64. The molecule has 0 saturated heterocycles. The number of ether oxygens (including phenoxy) is 2. The minimum Gasteiger partial charge on any atom is -0.496 e. The van der Waals surface area contributed by atoms with Gasteiger partial charge in [0.25, 0.3) is 0 Å². The molecule has 0 spiro atoms. The highest BCUT2D eigenvalue weighted by atomic mass is 16.5. The van der Waals surface area contributed by atoms with Crippen LogP contribution in [0.4, 0.5) is 0 Å².